The third-order valence-electron chi connectivity index (χ3n) is 3.69. The van der Waals surface area contributed by atoms with Crippen LogP contribution in [0.15, 0.2) is 24.5 Å². The van der Waals surface area contributed by atoms with E-state index in [2.05, 4.69) is 22.6 Å². The summed E-state index contributed by atoms with van der Waals surface area (Å²) in [6.07, 6.45) is 11.5. The number of aryl methyl sites for hydroxylation is 1. The Hall–Kier alpha value is -1.25. The second-order valence-electron chi connectivity index (χ2n) is 4.82. The fourth-order valence-electron chi connectivity index (χ4n) is 2.89. The van der Waals surface area contributed by atoms with Crippen LogP contribution in [0.3, 0.4) is 0 Å². The Balaban J connectivity index is 1.57. The lowest BCUT2D eigenvalue weighted by molar-refractivity contribution is 0.472. The van der Waals surface area contributed by atoms with Crippen molar-refractivity contribution in [2.45, 2.75) is 12.8 Å². The maximum atomic E-state index is 4.15. The number of hydrogen-bond acceptors (Lipinski definition) is 2. The highest BCUT2D eigenvalue weighted by atomic mass is 15.3. The number of allylic oxidation sites excluding steroid dienone is 2. The molecule has 0 saturated heterocycles. The molecule has 3 heteroatoms. The lowest BCUT2D eigenvalue weighted by atomic mass is 9.94. The normalized spacial score (nSPS) is 32.5. The molecule has 1 fully saturated rings. The zero-order valence-corrected chi connectivity index (χ0v) is 9.06. The van der Waals surface area contributed by atoms with E-state index in [4.69, 9.17) is 0 Å². The number of rotatable bonds is 3. The Labute approximate surface area is 90.2 Å². The van der Waals surface area contributed by atoms with Gasteiger partial charge in [0.05, 0.1) is 11.9 Å². The lowest BCUT2D eigenvalue weighted by Gasteiger charge is -2.18. The molecule has 1 heterocycles. The number of anilines is 1. The first-order valence-electron chi connectivity index (χ1n) is 5.72. The van der Waals surface area contributed by atoms with E-state index in [9.17, 15) is 0 Å². The van der Waals surface area contributed by atoms with Gasteiger partial charge < -0.3 is 5.32 Å². The summed E-state index contributed by atoms with van der Waals surface area (Å²) in [6, 6.07) is 0. The first-order chi connectivity index (χ1) is 7.31. The van der Waals surface area contributed by atoms with Crippen molar-refractivity contribution < 1.29 is 0 Å². The Kier molecular flexibility index (Phi) is 2.04. The van der Waals surface area contributed by atoms with Crippen molar-refractivity contribution in [3.05, 3.63) is 24.5 Å². The van der Waals surface area contributed by atoms with E-state index in [1.54, 1.807) is 0 Å². The Morgan fingerprint density at radius 2 is 2.40 bits per heavy atom. The van der Waals surface area contributed by atoms with Gasteiger partial charge in [0.2, 0.25) is 0 Å². The maximum Gasteiger partial charge on any atom is 0.0726 e. The summed E-state index contributed by atoms with van der Waals surface area (Å²) < 4.78 is 1.84. The fraction of sp³-hybridized carbons (Fsp3) is 0.583. The topological polar surface area (TPSA) is 29.9 Å². The Morgan fingerprint density at radius 3 is 3.00 bits per heavy atom. The van der Waals surface area contributed by atoms with Gasteiger partial charge in [-0.2, -0.15) is 5.10 Å². The molecular formula is C12H17N3. The van der Waals surface area contributed by atoms with Gasteiger partial charge in [-0.25, -0.2) is 0 Å². The fourth-order valence-corrected chi connectivity index (χ4v) is 2.89. The first kappa shape index (κ1) is 9.01. The lowest BCUT2D eigenvalue weighted by Crippen LogP contribution is -2.17. The molecular weight excluding hydrogens is 186 g/mol. The highest BCUT2D eigenvalue weighted by Gasteiger charge is 2.35. The molecule has 1 aromatic rings. The largest absolute Gasteiger partial charge is 0.382 e. The van der Waals surface area contributed by atoms with Crippen molar-refractivity contribution in [2.24, 2.45) is 24.8 Å². The van der Waals surface area contributed by atoms with Gasteiger partial charge in [0.15, 0.2) is 0 Å². The van der Waals surface area contributed by atoms with Crippen LogP contribution in [0.4, 0.5) is 5.69 Å². The summed E-state index contributed by atoms with van der Waals surface area (Å²) in [7, 11) is 1.95. The zero-order chi connectivity index (χ0) is 10.3. The summed E-state index contributed by atoms with van der Waals surface area (Å²) in [5.41, 5.74) is 1.14. The molecule has 0 aromatic carbocycles. The van der Waals surface area contributed by atoms with Gasteiger partial charge in [-0.1, -0.05) is 12.2 Å². The smallest absolute Gasteiger partial charge is 0.0726 e. The van der Waals surface area contributed by atoms with Crippen LogP contribution in [0.2, 0.25) is 0 Å². The van der Waals surface area contributed by atoms with E-state index in [1.165, 1.54) is 12.8 Å². The minimum Gasteiger partial charge on any atom is -0.382 e. The van der Waals surface area contributed by atoms with Gasteiger partial charge in [-0.3, -0.25) is 4.68 Å². The van der Waals surface area contributed by atoms with E-state index >= 15 is 0 Å². The Morgan fingerprint density at radius 1 is 1.47 bits per heavy atom. The molecule has 2 aliphatic carbocycles. The third-order valence-corrected chi connectivity index (χ3v) is 3.69. The minimum absolute atomic E-state index is 0.833. The average molecular weight is 203 g/mol. The second-order valence-corrected chi connectivity index (χ2v) is 4.82. The molecule has 0 radical (unpaired) electrons. The highest BCUT2D eigenvalue weighted by Crippen LogP contribution is 2.43. The SMILES string of the molecule is Cn1cc(NC[C@@H]2C[C@@H]3C=C[C@H]2C3)cn1. The maximum absolute atomic E-state index is 4.15. The molecule has 3 nitrogen and oxygen atoms in total. The summed E-state index contributed by atoms with van der Waals surface area (Å²) >= 11 is 0. The van der Waals surface area contributed by atoms with E-state index in [0.717, 1.165) is 30.0 Å². The number of fused-ring (bicyclic) bond motifs is 2. The molecule has 2 aliphatic rings. The van der Waals surface area contributed by atoms with Crippen molar-refractivity contribution in [1.82, 2.24) is 9.78 Å². The summed E-state index contributed by atoms with van der Waals surface area (Å²) in [6.45, 7) is 1.09. The second kappa shape index (κ2) is 3.40. The standard InChI is InChI=1S/C12H17N3/c1-15-8-12(7-14-15)13-6-11-5-9-2-3-10(11)4-9/h2-3,7-11,13H,4-6H2,1H3/t9-,10+,11+/m1/s1. The summed E-state index contributed by atoms with van der Waals surface area (Å²) in [5, 5.41) is 7.63. The van der Waals surface area contributed by atoms with Gasteiger partial charge in [-0.05, 0) is 30.6 Å². The molecule has 0 unspecified atom stereocenters. The quantitative estimate of drug-likeness (QED) is 0.762. The molecule has 15 heavy (non-hydrogen) atoms. The van der Waals surface area contributed by atoms with Crippen LogP contribution in [0.1, 0.15) is 12.8 Å². The van der Waals surface area contributed by atoms with Crippen LogP contribution in [0, 0.1) is 17.8 Å². The zero-order valence-electron chi connectivity index (χ0n) is 9.06. The molecule has 1 N–H and O–H groups in total. The minimum atomic E-state index is 0.833. The Bertz CT molecular complexity index is 380. The first-order valence-corrected chi connectivity index (χ1v) is 5.72. The van der Waals surface area contributed by atoms with Crippen molar-refractivity contribution in [1.29, 1.82) is 0 Å². The van der Waals surface area contributed by atoms with Gasteiger partial charge in [0.1, 0.15) is 0 Å². The third kappa shape index (κ3) is 1.66. The predicted octanol–water partition coefficient (Wildman–Crippen LogP) is 2.04. The van der Waals surface area contributed by atoms with E-state index in [-0.39, 0.29) is 0 Å². The van der Waals surface area contributed by atoms with Crippen molar-refractivity contribution in [2.75, 3.05) is 11.9 Å². The molecule has 3 atom stereocenters. The van der Waals surface area contributed by atoms with Crippen LogP contribution in [0.5, 0.6) is 0 Å². The van der Waals surface area contributed by atoms with Gasteiger partial charge in [0.25, 0.3) is 0 Å². The number of aromatic nitrogens is 2. The number of hydrogen-bond donors (Lipinski definition) is 1. The van der Waals surface area contributed by atoms with Crippen LogP contribution < -0.4 is 5.32 Å². The molecule has 0 spiro atoms. The highest BCUT2D eigenvalue weighted by molar-refractivity contribution is 5.38. The average Bonchev–Trinajstić information content (AvgIpc) is 2.90. The molecule has 2 bridgehead atoms. The molecule has 1 saturated carbocycles. The molecule has 80 valence electrons. The van der Waals surface area contributed by atoms with Gasteiger partial charge >= 0.3 is 0 Å². The van der Waals surface area contributed by atoms with Crippen molar-refractivity contribution in [3.63, 3.8) is 0 Å². The van der Waals surface area contributed by atoms with Crippen molar-refractivity contribution in [3.8, 4) is 0 Å². The van der Waals surface area contributed by atoms with Crippen LogP contribution in [-0.2, 0) is 7.05 Å². The van der Waals surface area contributed by atoms with E-state index in [1.807, 2.05) is 24.1 Å². The van der Waals surface area contributed by atoms with Crippen LogP contribution >= 0.6 is 0 Å². The van der Waals surface area contributed by atoms with Crippen molar-refractivity contribution >= 4 is 5.69 Å². The van der Waals surface area contributed by atoms with E-state index in [0.29, 0.717) is 0 Å². The van der Waals surface area contributed by atoms with Gasteiger partial charge in [0, 0.05) is 19.8 Å². The number of nitrogens with zero attached hydrogens (tertiary/aromatic N) is 2. The predicted molar refractivity (Wildman–Crippen MR) is 60.5 cm³/mol. The van der Waals surface area contributed by atoms with Crippen LogP contribution in [-0.4, -0.2) is 16.3 Å². The van der Waals surface area contributed by atoms with Crippen LogP contribution in [0.25, 0.3) is 0 Å². The summed E-state index contributed by atoms with van der Waals surface area (Å²) in [4.78, 5) is 0. The van der Waals surface area contributed by atoms with E-state index < -0.39 is 0 Å². The molecule has 0 aliphatic heterocycles. The van der Waals surface area contributed by atoms with Gasteiger partial charge in [-0.15, -0.1) is 0 Å². The molecule has 1 aromatic heterocycles. The summed E-state index contributed by atoms with van der Waals surface area (Å²) in [5.74, 6) is 2.54. The number of nitrogens with one attached hydrogen (secondary N) is 1. The molecule has 3 rings (SSSR count). The monoisotopic (exact) mass is 203 g/mol. The molecule has 0 amide bonds.